The van der Waals surface area contributed by atoms with Gasteiger partial charge in [0.25, 0.3) is 0 Å². The number of ketones is 1. The largest absolute Gasteiger partial charge is 0.465 e. The van der Waals surface area contributed by atoms with Crippen LogP contribution >= 0.6 is 0 Å². The standard InChI is InChI=1S/C21H20F2N4O3/c1-4-25-27(2)20(24)17-18(11-5-7-12(22)8-6-11)26-15-10-13(23)9-14(21(29)30-3)16(15)19(17)28/h4-10,17-18,24,26H,1-3H3/b24-20?,25-4-. The van der Waals surface area contributed by atoms with Crippen LogP contribution in [-0.4, -0.2) is 43.0 Å². The summed E-state index contributed by atoms with van der Waals surface area (Å²) >= 11 is 0. The molecule has 156 valence electrons. The van der Waals surface area contributed by atoms with Crippen molar-refractivity contribution in [2.75, 3.05) is 19.5 Å². The predicted octanol–water partition coefficient (Wildman–Crippen LogP) is 3.63. The van der Waals surface area contributed by atoms with Crippen LogP contribution in [0.25, 0.3) is 0 Å². The fraction of sp³-hybridized carbons (Fsp3) is 0.238. The molecule has 7 nitrogen and oxygen atoms in total. The molecule has 0 aliphatic carbocycles. The number of anilines is 1. The number of hydrogen-bond donors (Lipinski definition) is 2. The number of Topliss-reactive ketones (excluding diaryl/α,β-unsaturated/α-hetero) is 1. The quantitative estimate of drug-likeness (QED) is 0.345. The van der Waals surface area contributed by atoms with E-state index in [1.807, 2.05) is 0 Å². The van der Waals surface area contributed by atoms with Crippen molar-refractivity contribution in [3.05, 3.63) is 64.7 Å². The van der Waals surface area contributed by atoms with Gasteiger partial charge in [0.05, 0.1) is 24.3 Å². The second kappa shape index (κ2) is 8.40. The Kier molecular flexibility index (Phi) is 5.91. The number of methoxy groups -OCH3 is 1. The lowest BCUT2D eigenvalue weighted by atomic mass is 9.80. The molecule has 2 unspecified atom stereocenters. The summed E-state index contributed by atoms with van der Waals surface area (Å²) in [6.07, 6.45) is 1.46. The van der Waals surface area contributed by atoms with Gasteiger partial charge in [0.15, 0.2) is 5.78 Å². The highest BCUT2D eigenvalue weighted by Crippen LogP contribution is 2.40. The highest BCUT2D eigenvalue weighted by Gasteiger charge is 2.42. The molecule has 1 aliphatic heterocycles. The fourth-order valence-corrected chi connectivity index (χ4v) is 3.48. The third-order valence-electron chi connectivity index (χ3n) is 4.84. The van der Waals surface area contributed by atoms with Gasteiger partial charge < -0.3 is 10.1 Å². The minimum atomic E-state index is -1.11. The second-order valence-corrected chi connectivity index (χ2v) is 6.67. The van der Waals surface area contributed by atoms with Gasteiger partial charge in [0.2, 0.25) is 0 Å². The number of ether oxygens (including phenoxy) is 1. The Morgan fingerprint density at radius 2 is 1.90 bits per heavy atom. The van der Waals surface area contributed by atoms with Gasteiger partial charge in [-0.1, -0.05) is 12.1 Å². The van der Waals surface area contributed by atoms with E-state index in [1.54, 1.807) is 6.92 Å². The number of amidine groups is 1. The monoisotopic (exact) mass is 414 g/mol. The third kappa shape index (κ3) is 3.78. The molecule has 30 heavy (non-hydrogen) atoms. The molecule has 3 rings (SSSR count). The predicted molar refractivity (Wildman–Crippen MR) is 108 cm³/mol. The van der Waals surface area contributed by atoms with Crippen LogP contribution in [0.1, 0.15) is 39.2 Å². The molecule has 2 aromatic rings. The van der Waals surface area contributed by atoms with Crippen molar-refractivity contribution in [1.29, 1.82) is 5.41 Å². The van der Waals surface area contributed by atoms with Crippen molar-refractivity contribution in [2.45, 2.75) is 13.0 Å². The van der Waals surface area contributed by atoms with Gasteiger partial charge in [-0.15, -0.1) is 0 Å². The van der Waals surface area contributed by atoms with E-state index in [-0.39, 0.29) is 22.6 Å². The number of nitrogens with one attached hydrogen (secondary N) is 2. The van der Waals surface area contributed by atoms with E-state index in [0.717, 1.165) is 19.2 Å². The number of hydrogen-bond acceptors (Lipinski definition) is 6. The van der Waals surface area contributed by atoms with E-state index in [1.165, 1.54) is 42.5 Å². The summed E-state index contributed by atoms with van der Waals surface area (Å²) in [7, 11) is 2.64. The maximum absolute atomic E-state index is 14.2. The van der Waals surface area contributed by atoms with Gasteiger partial charge in [-0.3, -0.25) is 15.2 Å². The summed E-state index contributed by atoms with van der Waals surface area (Å²) in [6, 6.07) is 6.65. The van der Waals surface area contributed by atoms with E-state index < -0.39 is 35.3 Å². The minimum absolute atomic E-state index is 0.0646. The Morgan fingerprint density at radius 1 is 1.23 bits per heavy atom. The van der Waals surface area contributed by atoms with E-state index in [2.05, 4.69) is 10.4 Å². The van der Waals surface area contributed by atoms with E-state index in [9.17, 15) is 18.4 Å². The second-order valence-electron chi connectivity index (χ2n) is 6.67. The molecule has 0 radical (unpaired) electrons. The first-order valence-corrected chi connectivity index (χ1v) is 9.07. The molecule has 0 aromatic heterocycles. The zero-order valence-electron chi connectivity index (χ0n) is 16.6. The highest BCUT2D eigenvalue weighted by atomic mass is 19.1. The molecule has 0 bridgehead atoms. The van der Waals surface area contributed by atoms with Crippen LogP contribution in [0.3, 0.4) is 0 Å². The first kappa shape index (κ1) is 21.1. The summed E-state index contributed by atoms with van der Waals surface area (Å²) in [5.41, 5.74) is 0.315. The molecule has 2 atom stereocenters. The summed E-state index contributed by atoms with van der Waals surface area (Å²) in [5.74, 6) is -3.88. The number of carbonyl (C=O) groups is 2. The highest BCUT2D eigenvalue weighted by molar-refractivity contribution is 6.19. The molecule has 0 amide bonds. The molecular weight excluding hydrogens is 394 g/mol. The van der Waals surface area contributed by atoms with Crippen LogP contribution in [0.5, 0.6) is 0 Å². The molecule has 0 saturated carbocycles. The number of nitrogens with zero attached hydrogens (tertiary/aromatic N) is 2. The molecule has 0 spiro atoms. The fourth-order valence-electron chi connectivity index (χ4n) is 3.48. The zero-order valence-corrected chi connectivity index (χ0v) is 16.6. The smallest absolute Gasteiger partial charge is 0.338 e. The van der Waals surface area contributed by atoms with E-state index in [0.29, 0.717) is 5.56 Å². The SMILES string of the molecule is C/C=N\N(C)C(=N)C1C(=O)c2c(cc(F)cc2C(=O)OC)NC1c1ccc(F)cc1. The molecule has 0 fully saturated rings. The van der Waals surface area contributed by atoms with Crippen molar-refractivity contribution in [1.82, 2.24) is 5.01 Å². The van der Waals surface area contributed by atoms with Crippen LogP contribution in [0, 0.1) is 23.0 Å². The lowest BCUT2D eigenvalue weighted by Gasteiger charge is -2.36. The van der Waals surface area contributed by atoms with Crippen molar-refractivity contribution in [3.8, 4) is 0 Å². The number of halogens is 2. The maximum Gasteiger partial charge on any atom is 0.338 e. The summed E-state index contributed by atoms with van der Waals surface area (Å²) in [5, 5.41) is 16.8. The third-order valence-corrected chi connectivity index (χ3v) is 4.84. The Balaban J connectivity index is 2.20. The number of rotatable bonds is 4. The van der Waals surface area contributed by atoms with Crippen LogP contribution in [-0.2, 0) is 4.74 Å². The van der Waals surface area contributed by atoms with Crippen LogP contribution in [0.4, 0.5) is 14.5 Å². The van der Waals surface area contributed by atoms with Crippen LogP contribution < -0.4 is 5.32 Å². The Morgan fingerprint density at radius 3 is 2.50 bits per heavy atom. The molecule has 2 N–H and O–H groups in total. The number of benzene rings is 2. The van der Waals surface area contributed by atoms with E-state index >= 15 is 0 Å². The van der Waals surface area contributed by atoms with Crippen LogP contribution in [0.15, 0.2) is 41.5 Å². The molecule has 2 aromatic carbocycles. The summed E-state index contributed by atoms with van der Waals surface area (Å²) in [4.78, 5) is 25.7. The molecule has 0 saturated heterocycles. The Labute approximate surface area is 171 Å². The lowest BCUT2D eigenvalue weighted by molar-refractivity contribution is 0.0595. The van der Waals surface area contributed by atoms with Gasteiger partial charge in [-0.25, -0.2) is 13.6 Å². The topological polar surface area (TPSA) is 94.9 Å². The lowest BCUT2D eigenvalue weighted by Crippen LogP contribution is -2.43. The average molecular weight is 414 g/mol. The van der Waals surface area contributed by atoms with Crippen molar-refractivity contribution in [2.24, 2.45) is 11.0 Å². The van der Waals surface area contributed by atoms with Gasteiger partial charge >= 0.3 is 5.97 Å². The number of fused-ring (bicyclic) bond motifs is 1. The first-order valence-electron chi connectivity index (χ1n) is 9.07. The molecule has 1 aliphatic rings. The van der Waals surface area contributed by atoms with Crippen molar-refractivity contribution < 1.29 is 23.1 Å². The zero-order chi connectivity index (χ0) is 22.0. The molecule has 9 heteroatoms. The normalized spacial score (nSPS) is 18.0. The Bertz CT molecular complexity index is 1040. The average Bonchev–Trinajstić information content (AvgIpc) is 2.72. The molecular formula is C21H20F2N4O3. The Hall–Kier alpha value is -3.62. The summed E-state index contributed by atoms with van der Waals surface area (Å²) in [6.45, 7) is 1.66. The molecule has 1 heterocycles. The summed E-state index contributed by atoms with van der Waals surface area (Å²) < 4.78 is 32.3. The number of esters is 1. The van der Waals surface area contributed by atoms with Crippen molar-refractivity contribution >= 4 is 29.5 Å². The van der Waals surface area contributed by atoms with Gasteiger partial charge in [-0.05, 0) is 36.8 Å². The maximum atomic E-state index is 14.2. The van der Waals surface area contributed by atoms with Crippen molar-refractivity contribution in [3.63, 3.8) is 0 Å². The number of carbonyl (C=O) groups excluding carboxylic acids is 2. The minimum Gasteiger partial charge on any atom is -0.465 e. The number of hydrazone groups is 1. The van der Waals surface area contributed by atoms with Gasteiger partial charge in [0, 0.05) is 18.9 Å². The van der Waals surface area contributed by atoms with E-state index in [4.69, 9.17) is 10.1 Å². The van der Waals surface area contributed by atoms with Gasteiger partial charge in [-0.2, -0.15) is 5.10 Å². The van der Waals surface area contributed by atoms with Crippen LogP contribution in [0.2, 0.25) is 0 Å². The van der Waals surface area contributed by atoms with Gasteiger partial charge in [0.1, 0.15) is 23.4 Å². The first-order chi connectivity index (χ1) is 14.3.